The molecule has 190 valence electrons. The van der Waals surface area contributed by atoms with E-state index in [1.54, 1.807) is 43.4 Å². The SMILES string of the molecule is COc1ccc(CCNC(=O)CCN(C(=O)Nc2cccc(Cl)c2)C(C)c2ccccc2)cc1OC. The van der Waals surface area contributed by atoms with E-state index in [1.165, 1.54) is 0 Å². The van der Waals surface area contributed by atoms with Crippen LogP contribution in [-0.2, 0) is 11.2 Å². The van der Waals surface area contributed by atoms with Gasteiger partial charge in [-0.25, -0.2) is 4.79 Å². The molecule has 3 amide bonds. The topological polar surface area (TPSA) is 79.9 Å². The van der Waals surface area contributed by atoms with Crippen molar-refractivity contribution in [3.8, 4) is 11.5 Å². The summed E-state index contributed by atoms with van der Waals surface area (Å²) in [7, 11) is 3.18. The average Bonchev–Trinajstić information content (AvgIpc) is 2.89. The van der Waals surface area contributed by atoms with Gasteiger partial charge in [0.2, 0.25) is 5.91 Å². The minimum Gasteiger partial charge on any atom is -0.493 e. The lowest BCUT2D eigenvalue weighted by Crippen LogP contribution is -2.40. The van der Waals surface area contributed by atoms with Gasteiger partial charge in [0.25, 0.3) is 0 Å². The Kier molecular flexibility index (Phi) is 10.0. The molecule has 0 aliphatic heterocycles. The number of benzene rings is 3. The number of ether oxygens (including phenoxy) is 2. The predicted octanol–water partition coefficient (Wildman–Crippen LogP) is 5.70. The number of urea groups is 1. The lowest BCUT2D eigenvalue weighted by atomic mass is 10.1. The van der Waals surface area contributed by atoms with E-state index in [0.717, 1.165) is 11.1 Å². The van der Waals surface area contributed by atoms with Crippen LogP contribution < -0.4 is 20.1 Å². The van der Waals surface area contributed by atoms with Gasteiger partial charge in [0.05, 0.1) is 20.3 Å². The molecule has 3 aromatic carbocycles. The van der Waals surface area contributed by atoms with E-state index >= 15 is 0 Å². The fourth-order valence-corrected chi connectivity index (χ4v) is 4.03. The van der Waals surface area contributed by atoms with Crippen molar-refractivity contribution in [1.82, 2.24) is 10.2 Å². The smallest absolute Gasteiger partial charge is 0.322 e. The number of rotatable bonds is 11. The first-order chi connectivity index (χ1) is 17.4. The highest BCUT2D eigenvalue weighted by atomic mass is 35.5. The van der Waals surface area contributed by atoms with Crippen LogP contribution in [0.25, 0.3) is 0 Å². The van der Waals surface area contributed by atoms with Gasteiger partial charge in [0.15, 0.2) is 11.5 Å². The summed E-state index contributed by atoms with van der Waals surface area (Å²) in [5.74, 6) is 1.18. The van der Waals surface area contributed by atoms with Gasteiger partial charge in [-0.15, -0.1) is 0 Å². The van der Waals surface area contributed by atoms with Crippen LogP contribution in [0.2, 0.25) is 5.02 Å². The number of halogens is 1. The third-order valence-corrected chi connectivity index (χ3v) is 6.08. The first-order valence-corrected chi connectivity index (χ1v) is 12.1. The second kappa shape index (κ2) is 13.4. The average molecular weight is 510 g/mol. The zero-order chi connectivity index (χ0) is 25.9. The molecule has 3 aromatic rings. The highest BCUT2D eigenvalue weighted by Gasteiger charge is 2.22. The van der Waals surface area contributed by atoms with Crippen molar-refractivity contribution in [2.75, 3.05) is 32.6 Å². The maximum Gasteiger partial charge on any atom is 0.322 e. The fraction of sp³-hybridized carbons (Fsp3) is 0.286. The highest BCUT2D eigenvalue weighted by Crippen LogP contribution is 2.27. The summed E-state index contributed by atoms with van der Waals surface area (Å²) < 4.78 is 10.6. The molecule has 0 aliphatic rings. The third-order valence-electron chi connectivity index (χ3n) is 5.85. The van der Waals surface area contributed by atoms with Crippen molar-refractivity contribution in [2.24, 2.45) is 0 Å². The van der Waals surface area contributed by atoms with Crippen molar-refractivity contribution in [1.29, 1.82) is 0 Å². The number of carbonyl (C=O) groups is 2. The number of nitrogens with zero attached hydrogens (tertiary/aromatic N) is 1. The first kappa shape index (κ1) is 26.9. The van der Waals surface area contributed by atoms with Crippen molar-refractivity contribution < 1.29 is 19.1 Å². The van der Waals surface area contributed by atoms with E-state index in [9.17, 15) is 9.59 Å². The Bertz CT molecular complexity index is 1160. The molecule has 0 aliphatic carbocycles. The van der Waals surface area contributed by atoms with Gasteiger partial charge in [0, 0.05) is 30.2 Å². The van der Waals surface area contributed by atoms with Crippen LogP contribution >= 0.6 is 11.6 Å². The number of anilines is 1. The lowest BCUT2D eigenvalue weighted by Gasteiger charge is -2.29. The molecular weight excluding hydrogens is 478 g/mol. The Balaban J connectivity index is 1.59. The van der Waals surface area contributed by atoms with Gasteiger partial charge < -0.3 is 25.0 Å². The minimum absolute atomic E-state index is 0.128. The van der Waals surface area contributed by atoms with Crippen LogP contribution in [0.1, 0.15) is 30.5 Å². The van der Waals surface area contributed by atoms with Crippen molar-refractivity contribution in [2.45, 2.75) is 25.8 Å². The molecule has 2 N–H and O–H groups in total. The minimum atomic E-state index is -0.299. The zero-order valence-corrected chi connectivity index (χ0v) is 21.5. The molecule has 0 bridgehead atoms. The number of hydrogen-bond acceptors (Lipinski definition) is 4. The van der Waals surface area contributed by atoms with Gasteiger partial charge >= 0.3 is 6.03 Å². The van der Waals surface area contributed by atoms with Crippen LogP contribution in [0.4, 0.5) is 10.5 Å². The third kappa shape index (κ3) is 7.65. The monoisotopic (exact) mass is 509 g/mol. The quantitative estimate of drug-likeness (QED) is 0.347. The maximum atomic E-state index is 13.2. The number of amides is 3. The Labute approximate surface area is 217 Å². The van der Waals surface area contributed by atoms with Crippen molar-refractivity contribution in [3.63, 3.8) is 0 Å². The number of carbonyl (C=O) groups excluding carboxylic acids is 2. The Morgan fingerprint density at radius 3 is 2.39 bits per heavy atom. The van der Waals surface area contributed by atoms with E-state index in [-0.39, 0.29) is 30.9 Å². The number of methoxy groups -OCH3 is 2. The van der Waals surface area contributed by atoms with Gasteiger partial charge in [-0.05, 0) is 54.8 Å². The number of nitrogens with one attached hydrogen (secondary N) is 2. The summed E-state index contributed by atoms with van der Waals surface area (Å²) in [5, 5.41) is 6.36. The highest BCUT2D eigenvalue weighted by molar-refractivity contribution is 6.30. The van der Waals surface area contributed by atoms with Crippen LogP contribution in [0.3, 0.4) is 0 Å². The molecule has 0 radical (unpaired) electrons. The summed E-state index contributed by atoms with van der Waals surface area (Å²) in [5.41, 5.74) is 2.60. The molecule has 1 unspecified atom stereocenters. The predicted molar refractivity (Wildman–Crippen MR) is 143 cm³/mol. The summed E-state index contributed by atoms with van der Waals surface area (Å²) >= 11 is 6.06. The van der Waals surface area contributed by atoms with E-state index in [0.29, 0.717) is 35.2 Å². The molecule has 0 saturated heterocycles. The number of hydrogen-bond donors (Lipinski definition) is 2. The molecule has 8 heteroatoms. The molecule has 36 heavy (non-hydrogen) atoms. The Hall–Kier alpha value is -3.71. The van der Waals surface area contributed by atoms with Gasteiger partial charge in [-0.1, -0.05) is 54.1 Å². The molecule has 1 atom stereocenters. The first-order valence-electron chi connectivity index (χ1n) is 11.8. The molecule has 7 nitrogen and oxygen atoms in total. The van der Waals surface area contributed by atoms with Crippen LogP contribution in [-0.4, -0.2) is 44.1 Å². The van der Waals surface area contributed by atoms with E-state index in [2.05, 4.69) is 10.6 Å². The summed E-state index contributed by atoms with van der Waals surface area (Å²) in [6.45, 7) is 2.67. The standard InChI is InChI=1S/C28H32ClN3O4/c1-20(22-8-5-4-6-9-22)32(28(34)31-24-11-7-10-23(29)19-24)17-15-27(33)30-16-14-21-12-13-25(35-2)26(18-21)36-3/h4-13,18-20H,14-17H2,1-3H3,(H,30,33)(H,31,34). The molecule has 0 saturated carbocycles. The van der Waals surface area contributed by atoms with Crippen LogP contribution in [0, 0.1) is 0 Å². The summed E-state index contributed by atoms with van der Waals surface area (Å²) in [4.78, 5) is 27.5. The van der Waals surface area contributed by atoms with Gasteiger partial charge in [-0.2, -0.15) is 0 Å². The Morgan fingerprint density at radius 2 is 1.69 bits per heavy atom. The Morgan fingerprint density at radius 1 is 0.944 bits per heavy atom. The van der Waals surface area contributed by atoms with Crippen molar-refractivity contribution >= 4 is 29.2 Å². The molecule has 0 heterocycles. The van der Waals surface area contributed by atoms with Gasteiger partial charge in [0.1, 0.15) is 0 Å². The summed E-state index contributed by atoms with van der Waals surface area (Å²) in [6.07, 6.45) is 0.817. The van der Waals surface area contributed by atoms with Crippen LogP contribution in [0.15, 0.2) is 72.8 Å². The van der Waals surface area contributed by atoms with Gasteiger partial charge in [-0.3, -0.25) is 4.79 Å². The largest absolute Gasteiger partial charge is 0.493 e. The maximum absolute atomic E-state index is 13.2. The second-order valence-electron chi connectivity index (χ2n) is 8.26. The molecule has 0 spiro atoms. The lowest BCUT2D eigenvalue weighted by molar-refractivity contribution is -0.121. The summed E-state index contributed by atoms with van der Waals surface area (Å²) in [6, 6.07) is 21.9. The molecular formula is C28H32ClN3O4. The molecule has 3 rings (SSSR count). The van der Waals surface area contributed by atoms with Crippen LogP contribution in [0.5, 0.6) is 11.5 Å². The molecule has 0 fully saturated rings. The van der Waals surface area contributed by atoms with Crippen molar-refractivity contribution in [3.05, 3.63) is 88.9 Å². The second-order valence-corrected chi connectivity index (χ2v) is 8.70. The fourth-order valence-electron chi connectivity index (χ4n) is 3.84. The van der Waals surface area contributed by atoms with E-state index < -0.39 is 0 Å². The van der Waals surface area contributed by atoms with E-state index in [4.69, 9.17) is 21.1 Å². The zero-order valence-electron chi connectivity index (χ0n) is 20.8. The normalized spacial score (nSPS) is 11.3. The van der Waals surface area contributed by atoms with E-state index in [1.807, 2.05) is 55.5 Å². The molecule has 0 aromatic heterocycles.